The van der Waals surface area contributed by atoms with E-state index < -0.39 is 0 Å². The molecule has 1 fully saturated rings. The number of carbonyl (C=O) groups is 2. The van der Waals surface area contributed by atoms with Crippen LogP contribution in [0, 0.1) is 5.92 Å². The highest BCUT2D eigenvalue weighted by Crippen LogP contribution is 2.32. The first kappa shape index (κ1) is 13.0. The van der Waals surface area contributed by atoms with Gasteiger partial charge < -0.3 is 16.0 Å². The van der Waals surface area contributed by atoms with Gasteiger partial charge in [-0.2, -0.15) is 0 Å². The van der Waals surface area contributed by atoms with Gasteiger partial charge in [0.1, 0.15) is 0 Å². The molecule has 0 spiro atoms. The van der Waals surface area contributed by atoms with Crippen LogP contribution in [0.5, 0.6) is 0 Å². The average Bonchev–Trinajstić information content (AvgIpc) is 2.47. The van der Waals surface area contributed by atoms with Gasteiger partial charge in [-0.25, -0.2) is 0 Å². The summed E-state index contributed by atoms with van der Waals surface area (Å²) in [6, 6.07) is 5.74. The summed E-state index contributed by atoms with van der Waals surface area (Å²) in [5.41, 5.74) is 8.79. The second kappa shape index (κ2) is 5.15. The van der Waals surface area contributed by atoms with Crippen LogP contribution < -0.4 is 16.0 Å². The molecule has 1 aromatic carbocycles. The lowest BCUT2D eigenvalue weighted by atomic mass is 9.94. The molecule has 0 aromatic heterocycles. The van der Waals surface area contributed by atoms with Gasteiger partial charge in [-0.1, -0.05) is 6.07 Å². The van der Waals surface area contributed by atoms with Crippen molar-refractivity contribution >= 4 is 23.2 Å². The molecule has 1 unspecified atom stereocenters. The Balaban J connectivity index is 1.83. The van der Waals surface area contributed by atoms with E-state index in [9.17, 15) is 9.59 Å². The number of amides is 2. The van der Waals surface area contributed by atoms with E-state index >= 15 is 0 Å². The fourth-order valence-electron chi connectivity index (χ4n) is 3.04. The molecule has 5 nitrogen and oxygen atoms in total. The summed E-state index contributed by atoms with van der Waals surface area (Å²) < 4.78 is 0. The zero-order valence-corrected chi connectivity index (χ0v) is 11.4. The maximum Gasteiger partial charge on any atom is 0.231 e. The SMILES string of the molecule is Nc1cccc2c1CCCN2C(=O)C1CCC(=O)NC1. The van der Waals surface area contributed by atoms with Gasteiger partial charge in [0.15, 0.2) is 0 Å². The quantitative estimate of drug-likeness (QED) is 0.752. The van der Waals surface area contributed by atoms with Gasteiger partial charge in [0.2, 0.25) is 11.8 Å². The highest BCUT2D eigenvalue weighted by atomic mass is 16.2. The maximum atomic E-state index is 12.7. The molecular weight excluding hydrogens is 254 g/mol. The number of fused-ring (bicyclic) bond motifs is 1. The Morgan fingerprint density at radius 1 is 1.35 bits per heavy atom. The molecule has 1 aromatic rings. The number of hydrogen-bond donors (Lipinski definition) is 2. The van der Waals surface area contributed by atoms with Crippen LogP contribution in [-0.4, -0.2) is 24.9 Å². The minimum absolute atomic E-state index is 0.0392. The third kappa shape index (κ3) is 2.24. The predicted octanol–water partition coefficient (Wildman–Crippen LogP) is 1.07. The van der Waals surface area contributed by atoms with Crippen molar-refractivity contribution in [3.05, 3.63) is 23.8 Å². The van der Waals surface area contributed by atoms with Crippen molar-refractivity contribution in [1.29, 1.82) is 0 Å². The Hall–Kier alpha value is -2.04. The Labute approximate surface area is 118 Å². The first-order valence-corrected chi connectivity index (χ1v) is 7.12. The Morgan fingerprint density at radius 3 is 2.95 bits per heavy atom. The normalized spacial score (nSPS) is 22.1. The number of hydrogen-bond acceptors (Lipinski definition) is 3. The Bertz CT molecular complexity index is 546. The van der Waals surface area contributed by atoms with E-state index in [0.717, 1.165) is 36.3 Å². The number of nitrogens with one attached hydrogen (secondary N) is 1. The van der Waals surface area contributed by atoms with Crippen molar-refractivity contribution in [1.82, 2.24) is 5.32 Å². The number of nitrogen functional groups attached to an aromatic ring is 1. The lowest BCUT2D eigenvalue weighted by Gasteiger charge is -2.34. The van der Waals surface area contributed by atoms with Gasteiger partial charge in [0.05, 0.1) is 5.92 Å². The average molecular weight is 273 g/mol. The molecule has 0 bridgehead atoms. The summed E-state index contributed by atoms with van der Waals surface area (Å²) >= 11 is 0. The van der Waals surface area contributed by atoms with Crippen molar-refractivity contribution in [2.75, 3.05) is 23.7 Å². The minimum atomic E-state index is -0.111. The Kier molecular flexibility index (Phi) is 3.34. The van der Waals surface area contributed by atoms with E-state index in [4.69, 9.17) is 5.73 Å². The summed E-state index contributed by atoms with van der Waals surface area (Å²) in [6.45, 7) is 1.19. The zero-order valence-electron chi connectivity index (χ0n) is 11.4. The van der Waals surface area contributed by atoms with Crippen LogP contribution in [0.4, 0.5) is 11.4 Å². The summed E-state index contributed by atoms with van der Waals surface area (Å²) in [5.74, 6) is 0.0361. The molecule has 0 radical (unpaired) electrons. The summed E-state index contributed by atoms with van der Waals surface area (Å²) in [4.78, 5) is 25.7. The van der Waals surface area contributed by atoms with Crippen LogP contribution in [0.25, 0.3) is 0 Å². The molecule has 2 heterocycles. The number of nitrogens with two attached hydrogens (primary N) is 1. The van der Waals surface area contributed by atoms with Crippen molar-refractivity contribution < 1.29 is 9.59 Å². The smallest absolute Gasteiger partial charge is 0.231 e. The topological polar surface area (TPSA) is 75.4 Å². The van der Waals surface area contributed by atoms with Crippen molar-refractivity contribution in [3.63, 3.8) is 0 Å². The molecule has 2 aliphatic heterocycles. The third-order valence-corrected chi connectivity index (χ3v) is 4.17. The van der Waals surface area contributed by atoms with E-state index in [1.807, 2.05) is 23.1 Å². The lowest BCUT2D eigenvalue weighted by molar-refractivity contribution is -0.127. The standard InChI is InChI=1S/C15H19N3O2/c16-12-4-1-5-13-11(12)3-2-8-18(13)15(20)10-6-7-14(19)17-9-10/h1,4-5,10H,2-3,6-9,16H2,(H,17,19). The van der Waals surface area contributed by atoms with E-state index in [1.54, 1.807) is 0 Å². The molecule has 0 aliphatic carbocycles. The maximum absolute atomic E-state index is 12.7. The predicted molar refractivity (Wildman–Crippen MR) is 77.3 cm³/mol. The second-order valence-corrected chi connectivity index (χ2v) is 5.48. The number of piperidine rings is 1. The van der Waals surface area contributed by atoms with Crippen LogP contribution >= 0.6 is 0 Å². The van der Waals surface area contributed by atoms with Crippen LogP contribution in [0.1, 0.15) is 24.8 Å². The molecular formula is C15H19N3O2. The van der Waals surface area contributed by atoms with E-state index in [2.05, 4.69) is 5.32 Å². The van der Waals surface area contributed by atoms with Crippen LogP contribution in [0.3, 0.4) is 0 Å². The fourth-order valence-corrected chi connectivity index (χ4v) is 3.04. The van der Waals surface area contributed by atoms with Crippen LogP contribution in [0.2, 0.25) is 0 Å². The number of nitrogens with zero attached hydrogens (tertiary/aromatic N) is 1. The van der Waals surface area contributed by atoms with Gasteiger partial charge in [-0.05, 0) is 37.0 Å². The van der Waals surface area contributed by atoms with Gasteiger partial charge in [-0.15, -0.1) is 0 Å². The van der Waals surface area contributed by atoms with Gasteiger partial charge in [-0.3, -0.25) is 9.59 Å². The third-order valence-electron chi connectivity index (χ3n) is 4.17. The van der Waals surface area contributed by atoms with Crippen molar-refractivity contribution in [2.24, 2.45) is 5.92 Å². The molecule has 1 saturated heterocycles. The zero-order chi connectivity index (χ0) is 14.1. The molecule has 3 N–H and O–H groups in total. The molecule has 3 rings (SSSR count). The molecule has 0 saturated carbocycles. The van der Waals surface area contributed by atoms with E-state index in [-0.39, 0.29) is 17.7 Å². The molecule has 2 aliphatic rings. The number of anilines is 2. The van der Waals surface area contributed by atoms with Crippen LogP contribution in [0.15, 0.2) is 18.2 Å². The largest absolute Gasteiger partial charge is 0.398 e. The molecule has 20 heavy (non-hydrogen) atoms. The summed E-state index contributed by atoms with van der Waals surface area (Å²) in [7, 11) is 0. The minimum Gasteiger partial charge on any atom is -0.398 e. The molecule has 5 heteroatoms. The summed E-state index contributed by atoms with van der Waals surface area (Å²) in [6.07, 6.45) is 2.94. The van der Waals surface area contributed by atoms with Crippen molar-refractivity contribution in [2.45, 2.75) is 25.7 Å². The lowest BCUT2D eigenvalue weighted by Crippen LogP contribution is -2.46. The van der Waals surface area contributed by atoms with Crippen LogP contribution in [-0.2, 0) is 16.0 Å². The second-order valence-electron chi connectivity index (χ2n) is 5.48. The molecule has 2 amide bonds. The number of benzene rings is 1. The summed E-state index contributed by atoms with van der Waals surface area (Å²) in [5, 5.41) is 2.78. The fraction of sp³-hybridized carbons (Fsp3) is 0.467. The van der Waals surface area contributed by atoms with E-state index in [0.29, 0.717) is 19.4 Å². The highest BCUT2D eigenvalue weighted by molar-refractivity contribution is 5.98. The van der Waals surface area contributed by atoms with Crippen molar-refractivity contribution in [3.8, 4) is 0 Å². The molecule has 1 atom stereocenters. The Morgan fingerprint density at radius 2 is 2.20 bits per heavy atom. The number of carbonyl (C=O) groups excluding carboxylic acids is 2. The first-order chi connectivity index (χ1) is 9.66. The first-order valence-electron chi connectivity index (χ1n) is 7.12. The van der Waals surface area contributed by atoms with Gasteiger partial charge in [0, 0.05) is 30.9 Å². The monoisotopic (exact) mass is 273 g/mol. The van der Waals surface area contributed by atoms with E-state index in [1.165, 1.54) is 0 Å². The van der Waals surface area contributed by atoms with Gasteiger partial charge >= 0.3 is 0 Å². The van der Waals surface area contributed by atoms with Gasteiger partial charge in [0.25, 0.3) is 0 Å². The highest BCUT2D eigenvalue weighted by Gasteiger charge is 2.31. The molecule has 106 valence electrons. The number of rotatable bonds is 1.